The van der Waals surface area contributed by atoms with Crippen molar-refractivity contribution >= 4 is 85.7 Å². The predicted molar refractivity (Wildman–Crippen MR) is 329 cm³/mol. The molecular formula is C64H68F6N4O13SSi2. The Morgan fingerprint density at radius 1 is 0.567 bits per heavy atom. The van der Waals surface area contributed by atoms with E-state index in [1.54, 1.807) is 18.2 Å². The Hall–Kier alpha value is -8.60. The number of fused-ring (bicyclic) bond motifs is 2. The highest BCUT2D eigenvalue weighted by Gasteiger charge is 2.55. The van der Waals surface area contributed by atoms with Crippen LogP contribution in [0.2, 0.25) is 38.3 Å². The van der Waals surface area contributed by atoms with Gasteiger partial charge in [-0.15, -0.1) is 0 Å². The van der Waals surface area contributed by atoms with Gasteiger partial charge in [0.05, 0.1) is 54.2 Å². The third-order valence-electron chi connectivity index (χ3n) is 15.8. The lowest BCUT2D eigenvalue weighted by Gasteiger charge is -2.34. The van der Waals surface area contributed by atoms with Gasteiger partial charge in [-0.25, -0.2) is 13.2 Å². The van der Waals surface area contributed by atoms with Crippen molar-refractivity contribution in [3.8, 4) is 5.75 Å². The Morgan fingerprint density at radius 3 is 1.50 bits per heavy atom. The number of amides is 6. The molecule has 2 aliphatic rings. The number of benzene rings is 6. The molecular weight excluding hydrogens is 1230 g/mol. The molecule has 2 heterocycles. The molecule has 6 aromatic carbocycles. The number of sulfone groups is 1. The zero-order valence-corrected chi connectivity index (χ0v) is 51.6. The first kappa shape index (κ1) is 70.5. The van der Waals surface area contributed by atoms with Crippen LogP contribution in [0.15, 0.2) is 131 Å². The highest BCUT2D eigenvalue weighted by Crippen LogP contribution is 2.48. The number of carbonyl (C=O) groups is 8. The van der Waals surface area contributed by atoms with Crippen LogP contribution in [0.3, 0.4) is 0 Å². The second-order valence-corrected chi connectivity index (χ2v) is 34.2. The maximum Gasteiger partial charge on any atom is 0.402 e. The first-order valence-electron chi connectivity index (χ1n) is 27.4. The molecule has 0 bridgehead atoms. The molecule has 26 heteroatoms. The van der Waals surface area contributed by atoms with Crippen molar-refractivity contribution in [1.29, 1.82) is 0 Å². The Labute approximate surface area is 518 Å². The molecule has 0 saturated heterocycles. The molecule has 17 nitrogen and oxygen atoms in total. The van der Waals surface area contributed by atoms with Crippen LogP contribution < -0.4 is 15.4 Å². The molecule has 6 aromatic rings. The minimum Gasteiger partial charge on any atom is -0.478 e. The minimum absolute atomic E-state index is 0. The van der Waals surface area contributed by atoms with E-state index in [-0.39, 0.29) is 74.3 Å². The lowest BCUT2D eigenvalue weighted by molar-refractivity contribution is -0.180. The average molecular weight is 1300 g/mol. The van der Waals surface area contributed by atoms with E-state index < -0.39 is 123 Å². The fourth-order valence-corrected chi connectivity index (χ4v) is 20.9. The fourth-order valence-electron chi connectivity index (χ4n) is 10.7. The number of hydrogen-bond donors (Lipinski definition) is 3. The molecule has 478 valence electrons. The second kappa shape index (κ2) is 26.1. The smallest absolute Gasteiger partial charge is 0.402 e. The molecule has 1 atom stereocenters. The van der Waals surface area contributed by atoms with Crippen molar-refractivity contribution in [3.05, 3.63) is 183 Å². The number of ether oxygens (including phenoxy) is 1. The van der Waals surface area contributed by atoms with Crippen LogP contribution in [0.25, 0.3) is 0 Å². The number of carboxylic acid groups (broad SMARTS) is 1. The number of halogens is 6. The molecule has 8 rings (SSSR count). The maximum atomic E-state index is 15.7. The van der Waals surface area contributed by atoms with E-state index in [1.165, 1.54) is 29.2 Å². The molecule has 3 N–H and O–H groups in total. The van der Waals surface area contributed by atoms with E-state index in [0.29, 0.717) is 42.1 Å². The number of rotatable bonds is 22. The summed E-state index contributed by atoms with van der Waals surface area (Å²) >= 11 is 0. The molecule has 0 fully saturated rings. The normalized spacial score (nSPS) is 14.2. The Kier molecular flexibility index (Phi) is 20.4. The molecule has 2 aliphatic heterocycles. The lowest BCUT2D eigenvalue weighted by Crippen LogP contribution is -2.45. The second-order valence-electron chi connectivity index (χ2n) is 23.4. The van der Waals surface area contributed by atoms with E-state index in [0.717, 1.165) is 104 Å². The molecule has 1 unspecified atom stereocenters. The van der Waals surface area contributed by atoms with E-state index in [1.807, 2.05) is 33.1 Å². The molecule has 0 aromatic heterocycles. The van der Waals surface area contributed by atoms with Gasteiger partial charge >= 0.3 is 18.3 Å². The number of anilines is 2. The number of aromatic carboxylic acids is 1. The largest absolute Gasteiger partial charge is 0.478 e. The van der Waals surface area contributed by atoms with Gasteiger partial charge in [-0.1, -0.05) is 56.8 Å². The third kappa shape index (κ3) is 14.0. The van der Waals surface area contributed by atoms with Crippen LogP contribution in [-0.4, -0.2) is 113 Å². The van der Waals surface area contributed by atoms with Gasteiger partial charge in [0.25, 0.3) is 41.9 Å². The summed E-state index contributed by atoms with van der Waals surface area (Å²) in [6.45, 7) is 12.5. The van der Waals surface area contributed by atoms with Gasteiger partial charge in [-0.3, -0.25) is 43.4 Å². The van der Waals surface area contributed by atoms with Crippen molar-refractivity contribution in [2.45, 2.75) is 127 Å². The number of imide groups is 2. The van der Waals surface area contributed by atoms with Crippen molar-refractivity contribution < 1.29 is 87.1 Å². The fraction of sp³-hybridized carbons (Fsp3) is 0.312. The molecule has 6 amide bonds. The number of nitrogens with one attached hydrogen (secondary N) is 2. The van der Waals surface area contributed by atoms with Gasteiger partial charge in [-0.2, -0.15) is 26.3 Å². The summed E-state index contributed by atoms with van der Waals surface area (Å²) in [6.07, 6.45) is -9.11. The van der Waals surface area contributed by atoms with E-state index in [9.17, 15) is 65.1 Å². The van der Waals surface area contributed by atoms with Crippen LogP contribution in [-0.2, 0) is 29.6 Å². The average Bonchev–Trinajstić information content (AvgIpc) is 1.06. The highest BCUT2D eigenvalue weighted by molar-refractivity contribution is 7.91. The Morgan fingerprint density at radius 2 is 1.01 bits per heavy atom. The van der Waals surface area contributed by atoms with Crippen molar-refractivity contribution in [2.75, 3.05) is 23.7 Å². The van der Waals surface area contributed by atoms with E-state index in [2.05, 4.69) is 10.6 Å². The summed E-state index contributed by atoms with van der Waals surface area (Å²) in [6, 6.07) is 23.8. The van der Waals surface area contributed by atoms with Crippen LogP contribution in [0.1, 0.15) is 143 Å². The van der Waals surface area contributed by atoms with Crippen LogP contribution in [0.5, 0.6) is 5.75 Å². The van der Waals surface area contributed by atoms with E-state index >= 15 is 13.2 Å². The van der Waals surface area contributed by atoms with Gasteiger partial charge < -0.3 is 24.6 Å². The van der Waals surface area contributed by atoms with Crippen LogP contribution in [0, 0.1) is 6.92 Å². The Bertz CT molecular complexity index is 4000. The van der Waals surface area contributed by atoms with Gasteiger partial charge in [0, 0.05) is 24.5 Å². The maximum absolute atomic E-state index is 15.7. The number of hydrogen-bond acceptors (Lipinski definition) is 12. The summed E-state index contributed by atoms with van der Waals surface area (Å²) in [5, 5.41) is 14.9. The zero-order valence-electron chi connectivity index (χ0n) is 48.8. The summed E-state index contributed by atoms with van der Waals surface area (Å²) in [5.41, 5.74) is -8.31. The van der Waals surface area contributed by atoms with Crippen LogP contribution in [0.4, 0.5) is 37.7 Å². The number of nitrogens with zero attached hydrogens (tertiary/aromatic N) is 2. The molecule has 0 saturated carbocycles. The highest BCUT2D eigenvalue weighted by atomic mass is 32.2. The molecule has 90 heavy (non-hydrogen) atoms. The van der Waals surface area contributed by atoms with E-state index in [4.69, 9.17) is 8.85 Å². The molecule has 0 aliphatic carbocycles. The number of carboxylic acids is 1. The quantitative estimate of drug-likeness (QED) is 0.0248. The SMILES string of the molecule is C.C.Cc1ccc2c(c1)C(=O)N(CCC[Si](C)(C)O[Si](C)(C)CCCN1C(=O)c3ccc(C(C)(c4ccc(C(=O)O)c(C(=O)Nc5cccc(S(=O)(=O)c6cccc(NC(=O)c7cc(C(C)(C)C(F)(F)F)ccc7OC=O)c6)c5)c4)C(F)(F)F)cc3C1=O)C2=O. The zero-order chi connectivity index (χ0) is 64.9. The standard InChI is InChI=1S/C62H60F6N4O13SSi2.2CH4/c1-36-17-21-44-48(29-36)56(78)71(54(44)76)25-11-27-87(5,6)85-88(7,8)28-12-26-72-55(77)45-22-18-39(32-49(45)57(72)79)60(4,62(66,67)68)38-19-23-46(58(80)81)47(31-38)52(74)69-40-13-9-15-42(33-40)86(82,83)43-16-10-14-41(34-43)70-53(75)50-30-37(20-24-51(50)84-35-73)59(2,3)61(63,64)65;;/h9-10,13-24,29-35H,11-12,25-28H2,1-8H3,(H,69,74)(H,70,75)(H,80,81);2*1H4. The van der Waals surface area contributed by atoms with Gasteiger partial charge in [0.1, 0.15) is 11.2 Å². The predicted octanol–water partition coefficient (Wildman–Crippen LogP) is 13.6. The number of carbonyl (C=O) groups excluding carboxylic acids is 7. The van der Waals surface area contributed by atoms with Crippen LogP contribution >= 0.6 is 0 Å². The number of aryl methyl sites for hydroxylation is 1. The summed E-state index contributed by atoms with van der Waals surface area (Å²) in [5.74, 6) is -6.70. The number of alkyl halides is 6. The van der Waals surface area contributed by atoms with Crippen molar-refractivity contribution in [3.63, 3.8) is 0 Å². The summed E-state index contributed by atoms with van der Waals surface area (Å²) in [7, 11) is -9.43. The monoisotopic (exact) mass is 1300 g/mol. The molecule has 0 spiro atoms. The first-order chi connectivity index (χ1) is 40.9. The molecule has 0 radical (unpaired) electrons. The third-order valence-corrected chi connectivity index (χ3v) is 25.1. The minimum atomic E-state index is -5.19. The van der Waals surface area contributed by atoms with Crippen molar-refractivity contribution in [2.24, 2.45) is 0 Å². The van der Waals surface area contributed by atoms with Gasteiger partial charge in [0.2, 0.25) is 9.84 Å². The Balaban J connectivity index is 0.00000645. The van der Waals surface area contributed by atoms with Gasteiger partial charge in [0.15, 0.2) is 16.6 Å². The summed E-state index contributed by atoms with van der Waals surface area (Å²) in [4.78, 5) is 106. The topological polar surface area (TPSA) is 240 Å². The van der Waals surface area contributed by atoms with Gasteiger partial charge in [-0.05, 0) is 180 Å². The first-order valence-corrected chi connectivity index (χ1v) is 35.2. The lowest BCUT2D eigenvalue weighted by atomic mass is 9.74. The summed E-state index contributed by atoms with van der Waals surface area (Å²) < 4.78 is 129. The van der Waals surface area contributed by atoms with Crippen molar-refractivity contribution in [1.82, 2.24) is 9.80 Å².